The number of allylic oxidation sites excluding steroid dienone is 3. The summed E-state index contributed by atoms with van der Waals surface area (Å²) in [4.78, 5) is 13.4. The van der Waals surface area contributed by atoms with Crippen LogP contribution in [0.25, 0.3) is 0 Å². The van der Waals surface area contributed by atoms with E-state index in [0.29, 0.717) is 5.41 Å². The smallest absolute Gasteiger partial charge is 0.307 e. The first-order chi connectivity index (χ1) is 11.0. The first-order valence-corrected chi connectivity index (χ1v) is 8.66. The molecule has 0 bridgehead atoms. The number of carboxylic acids is 1. The van der Waals surface area contributed by atoms with Crippen molar-refractivity contribution < 1.29 is 15.0 Å². The van der Waals surface area contributed by atoms with Crippen molar-refractivity contribution in [3.8, 4) is 0 Å². The quantitative estimate of drug-likeness (QED) is 0.731. The van der Waals surface area contributed by atoms with E-state index in [1.807, 2.05) is 26.0 Å². The first-order valence-electron chi connectivity index (χ1n) is 8.66. The molecule has 0 aromatic rings. The second-order valence-electron chi connectivity index (χ2n) is 7.46. The van der Waals surface area contributed by atoms with Crippen LogP contribution in [0.2, 0.25) is 0 Å². The highest BCUT2D eigenvalue weighted by Crippen LogP contribution is 2.33. The SMILES string of the molecule is C=C(C)/C(CC(=O)O)=C(\C=C/C)N1CCC(C)(C)CC1.CC(C)O. The number of aliphatic carboxylic acids is 1. The predicted molar refractivity (Wildman–Crippen MR) is 101 cm³/mol. The molecule has 0 aromatic heterocycles. The van der Waals surface area contributed by atoms with E-state index in [2.05, 4.69) is 25.3 Å². The molecule has 0 unspecified atom stereocenters. The summed E-state index contributed by atoms with van der Waals surface area (Å²) >= 11 is 0. The number of carbonyl (C=O) groups is 1. The molecule has 1 heterocycles. The van der Waals surface area contributed by atoms with Crippen LogP contribution in [0.3, 0.4) is 0 Å². The molecule has 1 saturated heterocycles. The van der Waals surface area contributed by atoms with Crippen LogP contribution < -0.4 is 0 Å². The molecule has 1 rings (SSSR count). The average Bonchev–Trinajstić information content (AvgIpc) is 2.42. The van der Waals surface area contributed by atoms with Crippen molar-refractivity contribution in [2.45, 2.75) is 66.9 Å². The van der Waals surface area contributed by atoms with Gasteiger partial charge in [-0.2, -0.15) is 0 Å². The Morgan fingerprint density at radius 3 is 2.08 bits per heavy atom. The average molecular weight is 338 g/mol. The molecule has 24 heavy (non-hydrogen) atoms. The van der Waals surface area contributed by atoms with Crippen LogP contribution in [-0.2, 0) is 4.79 Å². The summed E-state index contributed by atoms with van der Waals surface area (Å²) in [5, 5.41) is 17.2. The van der Waals surface area contributed by atoms with Crippen molar-refractivity contribution in [1.82, 2.24) is 4.90 Å². The molecule has 0 spiro atoms. The Balaban J connectivity index is 0.00000118. The van der Waals surface area contributed by atoms with Gasteiger partial charge >= 0.3 is 5.97 Å². The van der Waals surface area contributed by atoms with Gasteiger partial charge in [-0.1, -0.05) is 32.1 Å². The standard InChI is InChI=1S/C17H27NO2.C3H8O/c1-6-7-15(14(13(2)3)12-16(19)20)18-10-8-17(4,5)9-11-18;1-3(2)4/h6-7H,2,8-12H2,1,3-5H3,(H,19,20);3-4H,1-2H3/b7-6-,15-14+;. The molecule has 1 aliphatic rings. The zero-order valence-electron chi connectivity index (χ0n) is 16.2. The fourth-order valence-electron chi connectivity index (χ4n) is 2.52. The number of aliphatic hydroxyl groups is 1. The number of hydrogen-bond donors (Lipinski definition) is 2. The molecular weight excluding hydrogens is 302 g/mol. The van der Waals surface area contributed by atoms with Crippen LogP contribution in [0.15, 0.2) is 35.6 Å². The molecule has 4 nitrogen and oxygen atoms in total. The molecule has 1 fully saturated rings. The number of hydrogen-bond acceptors (Lipinski definition) is 3. The second kappa shape index (κ2) is 10.3. The fourth-order valence-corrected chi connectivity index (χ4v) is 2.52. The lowest BCUT2D eigenvalue weighted by Gasteiger charge is -2.39. The summed E-state index contributed by atoms with van der Waals surface area (Å²) in [5.74, 6) is -0.803. The number of piperidine rings is 1. The second-order valence-corrected chi connectivity index (χ2v) is 7.46. The minimum atomic E-state index is -0.803. The number of carboxylic acid groups (broad SMARTS) is 1. The van der Waals surface area contributed by atoms with Crippen molar-refractivity contribution in [2.24, 2.45) is 5.41 Å². The van der Waals surface area contributed by atoms with Gasteiger partial charge < -0.3 is 15.1 Å². The van der Waals surface area contributed by atoms with Crippen molar-refractivity contribution in [1.29, 1.82) is 0 Å². The first kappa shape index (κ1) is 22.4. The summed E-state index contributed by atoms with van der Waals surface area (Å²) in [6.07, 6.45) is 6.12. The van der Waals surface area contributed by atoms with E-state index in [9.17, 15) is 4.79 Å². The minimum absolute atomic E-state index is 0.0366. The Hall–Kier alpha value is -1.55. The van der Waals surface area contributed by atoms with Crippen molar-refractivity contribution in [3.05, 3.63) is 35.6 Å². The molecule has 0 radical (unpaired) electrons. The van der Waals surface area contributed by atoms with Gasteiger partial charge in [-0.05, 0) is 57.6 Å². The molecule has 0 amide bonds. The molecule has 0 aliphatic carbocycles. The lowest BCUT2D eigenvalue weighted by atomic mass is 9.82. The Labute approximate surface area is 147 Å². The summed E-state index contributed by atoms with van der Waals surface area (Å²) in [5.41, 5.74) is 3.09. The van der Waals surface area contributed by atoms with Crippen LogP contribution in [0.5, 0.6) is 0 Å². The van der Waals surface area contributed by atoms with Crippen LogP contribution in [0.4, 0.5) is 0 Å². The Morgan fingerprint density at radius 2 is 1.75 bits per heavy atom. The Morgan fingerprint density at radius 1 is 1.29 bits per heavy atom. The van der Waals surface area contributed by atoms with Crippen LogP contribution in [0, 0.1) is 5.41 Å². The van der Waals surface area contributed by atoms with E-state index in [1.54, 1.807) is 13.8 Å². The number of rotatable bonds is 5. The topological polar surface area (TPSA) is 60.8 Å². The maximum atomic E-state index is 11.1. The summed E-state index contributed by atoms with van der Waals surface area (Å²) < 4.78 is 0. The van der Waals surface area contributed by atoms with Gasteiger partial charge in [0.15, 0.2) is 0 Å². The number of likely N-dealkylation sites (tertiary alicyclic amines) is 1. The fraction of sp³-hybridized carbons (Fsp3) is 0.650. The van der Waals surface area contributed by atoms with Crippen molar-refractivity contribution in [3.63, 3.8) is 0 Å². The summed E-state index contributed by atoms with van der Waals surface area (Å²) in [7, 11) is 0. The highest BCUT2D eigenvalue weighted by atomic mass is 16.4. The van der Waals surface area contributed by atoms with Gasteiger partial charge in [0.2, 0.25) is 0 Å². The van der Waals surface area contributed by atoms with Gasteiger partial charge in [0.05, 0.1) is 6.42 Å². The molecular formula is C20H35NO3. The zero-order chi connectivity index (χ0) is 18.9. The summed E-state index contributed by atoms with van der Waals surface area (Å²) in [6.45, 7) is 17.8. The Bertz CT molecular complexity index is 474. The third-order valence-corrected chi connectivity index (χ3v) is 3.93. The van der Waals surface area contributed by atoms with Crippen molar-refractivity contribution >= 4 is 5.97 Å². The monoisotopic (exact) mass is 337 g/mol. The molecule has 0 aromatic carbocycles. The zero-order valence-corrected chi connectivity index (χ0v) is 16.2. The van der Waals surface area contributed by atoms with Crippen molar-refractivity contribution in [2.75, 3.05) is 13.1 Å². The Kier molecular flexibility index (Phi) is 9.67. The van der Waals surface area contributed by atoms with Gasteiger partial charge in [0.25, 0.3) is 0 Å². The van der Waals surface area contributed by atoms with E-state index in [-0.39, 0.29) is 12.5 Å². The third-order valence-electron chi connectivity index (χ3n) is 3.93. The van der Waals surface area contributed by atoms with Crippen LogP contribution in [-0.4, -0.2) is 40.3 Å². The highest BCUT2D eigenvalue weighted by Gasteiger charge is 2.27. The largest absolute Gasteiger partial charge is 0.481 e. The molecule has 0 saturated carbocycles. The molecule has 4 heteroatoms. The maximum Gasteiger partial charge on any atom is 0.307 e. The number of nitrogens with zero attached hydrogens (tertiary/aromatic N) is 1. The number of aliphatic hydroxyl groups excluding tert-OH is 1. The molecule has 1 aliphatic heterocycles. The summed E-state index contributed by atoms with van der Waals surface area (Å²) in [6, 6.07) is 0. The normalized spacial score (nSPS) is 18.1. The predicted octanol–water partition coefficient (Wildman–Crippen LogP) is 4.38. The molecule has 138 valence electrons. The van der Waals surface area contributed by atoms with E-state index in [4.69, 9.17) is 10.2 Å². The van der Waals surface area contributed by atoms with Crippen LogP contribution >= 0.6 is 0 Å². The van der Waals surface area contributed by atoms with E-state index in [1.165, 1.54) is 0 Å². The van der Waals surface area contributed by atoms with Gasteiger partial charge in [0.1, 0.15) is 0 Å². The third kappa shape index (κ3) is 8.92. The van der Waals surface area contributed by atoms with Crippen LogP contribution in [0.1, 0.15) is 60.8 Å². The van der Waals surface area contributed by atoms with Gasteiger partial charge in [-0.15, -0.1) is 0 Å². The van der Waals surface area contributed by atoms with Gasteiger partial charge in [0, 0.05) is 24.9 Å². The van der Waals surface area contributed by atoms with E-state index in [0.717, 1.165) is 42.8 Å². The molecule has 2 N–H and O–H groups in total. The van der Waals surface area contributed by atoms with Gasteiger partial charge in [-0.3, -0.25) is 4.79 Å². The van der Waals surface area contributed by atoms with E-state index >= 15 is 0 Å². The molecule has 0 atom stereocenters. The van der Waals surface area contributed by atoms with E-state index < -0.39 is 5.97 Å². The highest BCUT2D eigenvalue weighted by molar-refractivity contribution is 5.72. The lowest BCUT2D eigenvalue weighted by Crippen LogP contribution is -2.37. The minimum Gasteiger partial charge on any atom is -0.481 e. The van der Waals surface area contributed by atoms with Gasteiger partial charge in [-0.25, -0.2) is 0 Å². The lowest BCUT2D eigenvalue weighted by molar-refractivity contribution is -0.136. The maximum absolute atomic E-state index is 11.1.